The third-order valence-corrected chi connectivity index (χ3v) is 4.01. The van der Waals surface area contributed by atoms with E-state index in [1.807, 2.05) is 30.3 Å². The number of nitrogens with zero attached hydrogens (tertiary/aromatic N) is 3. The van der Waals surface area contributed by atoms with Crippen molar-refractivity contribution in [1.29, 1.82) is 0 Å². The van der Waals surface area contributed by atoms with E-state index in [4.69, 9.17) is 4.74 Å². The number of rotatable bonds is 7. The van der Waals surface area contributed by atoms with Crippen LogP contribution in [0, 0.1) is 0 Å². The van der Waals surface area contributed by atoms with Crippen LogP contribution in [0.25, 0.3) is 16.9 Å². The molecule has 0 saturated carbocycles. The number of hydrogen-bond acceptors (Lipinski definition) is 6. The van der Waals surface area contributed by atoms with Crippen LogP contribution in [0.2, 0.25) is 0 Å². The summed E-state index contributed by atoms with van der Waals surface area (Å²) in [5, 5.41) is 29.0. The zero-order valence-electron chi connectivity index (χ0n) is 15.4. The number of aliphatic hydroxyl groups is 1. The number of carbonyl (C=O) groups excluding carboxylic acids is 1. The monoisotopic (exact) mass is 379 g/mol. The van der Waals surface area contributed by atoms with Crippen molar-refractivity contribution >= 4 is 5.97 Å². The Kier molecular flexibility index (Phi) is 6.18. The summed E-state index contributed by atoms with van der Waals surface area (Å²) < 4.78 is 4.92. The first-order valence-corrected chi connectivity index (χ1v) is 8.84. The van der Waals surface area contributed by atoms with Gasteiger partial charge < -0.3 is 14.9 Å². The van der Waals surface area contributed by atoms with E-state index in [0.717, 1.165) is 5.56 Å². The van der Waals surface area contributed by atoms with E-state index in [1.165, 1.54) is 16.9 Å². The summed E-state index contributed by atoms with van der Waals surface area (Å²) in [6, 6.07) is 14.6. The lowest BCUT2D eigenvalue weighted by molar-refractivity contribution is -0.140. The summed E-state index contributed by atoms with van der Waals surface area (Å²) >= 11 is 0. The van der Waals surface area contributed by atoms with Crippen LogP contribution < -0.4 is 0 Å². The van der Waals surface area contributed by atoms with Crippen LogP contribution in [0.5, 0.6) is 5.75 Å². The highest BCUT2D eigenvalue weighted by atomic mass is 16.5. The van der Waals surface area contributed by atoms with Gasteiger partial charge in [0, 0.05) is 18.1 Å². The van der Waals surface area contributed by atoms with Crippen LogP contribution in [0.1, 0.15) is 12.5 Å². The van der Waals surface area contributed by atoms with Crippen molar-refractivity contribution < 1.29 is 19.7 Å². The molecule has 28 heavy (non-hydrogen) atoms. The minimum absolute atomic E-state index is 0.00850. The molecule has 1 aromatic heterocycles. The second kappa shape index (κ2) is 8.96. The highest BCUT2D eigenvalue weighted by Crippen LogP contribution is 2.24. The molecule has 7 heteroatoms. The van der Waals surface area contributed by atoms with Gasteiger partial charge in [-0.2, -0.15) is 5.10 Å². The quantitative estimate of drug-likeness (QED) is 0.484. The first-order chi connectivity index (χ1) is 13.6. The lowest BCUT2D eigenvalue weighted by Gasteiger charge is -2.12. The Morgan fingerprint density at radius 2 is 2.04 bits per heavy atom. The van der Waals surface area contributed by atoms with Gasteiger partial charge in [-0.25, -0.2) is 4.79 Å². The van der Waals surface area contributed by atoms with Gasteiger partial charge in [0.2, 0.25) is 0 Å². The highest BCUT2D eigenvalue weighted by Gasteiger charge is 2.13. The predicted octanol–water partition coefficient (Wildman–Crippen LogP) is 2.66. The molecule has 0 aliphatic carbocycles. The molecule has 7 nitrogen and oxygen atoms in total. The average Bonchev–Trinajstić information content (AvgIpc) is 3.17. The SMILES string of the molecule is CC=CC(=O)OCC(O)Cc1ccc(-n2ncc(-c3ccccc3)n2)c(O)c1. The maximum Gasteiger partial charge on any atom is 0.330 e. The maximum atomic E-state index is 11.3. The van der Waals surface area contributed by atoms with Crippen molar-refractivity contribution in [2.24, 2.45) is 0 Å². The van der Waals surface area contributed by atoms with E-state index in [-0.39, 0.29) is 18.8 Å². The summed E-state index contributed by atoms with van der Waals surface area (Å²) in [6.07, 6.45) is 3.85. The number of aromatic nitrogens is 3. The van der Waals surface area contributed by atoms with Gasteiger partial charge in [0.15, 0.2) is 0 Å². The Morgan fingerprint density at radius 1 is 1.25 bits per heavy atom. The van der Waals surface area contributed by atoms with E-state index >= 15 is 0 Å². The van der Waals surface area contributed by atoms with Gasteiger partial charge >= 0.3 is 5.97 Å². The Bertz CT molecular complexity index is 967. The number of carbonyl (C=O) groups is 1. The van der Waals surface area contributed by atoms with Crippen LogP contribution in [0.3, 0.4) is 0 Å². The molecule has 0 fully saturated rings. The molecule has 0 bridgehead atoms. The Hall–Kier alpha value is -3.45. The molecule has 0 amide bonds. The number of aromatic hydroxyl groups is 1. The van der Waals surface area contributed by atoms with Crippen molar-refractivity contribution in [2.45, 2.75) is 19.4 Å². The summed E-state index contributed by atoms with van der Waals surface area (Å²) in [4.78, 5) is 12.6. The number of esters is 1. The number of benzene rings is 2. The van der Waals surface area contributed by atoms with Crippen molar-refractivity contribution in [1.82, 2.24) is 15.0 Å². The van der Waals surface area contributed by atoms with Crippen LogP contribution in [0.15, 0.2) is 66.9 Å². The molecule has 0 spiro atoms. The molecular weight excluding hydrogens is 358 g/mol. The molecule has 0 aliphatic heterocycles. The zero-order chi connectivity index (χ0) is 19.9. The van der Waals surface area contributed by atoms with Crippen LogP contribution >= 0.6 is 0 Å². The molecule has 3 rings (SSSR count). The fourth-order valence-corrected chi connectivity index (χ4v) is 2.68. The van der Waals surface area contributed by atoms with Gasteiger partial charge in [0.25, 0.3) is 0 Å². The summed E-state index contributed by atoms with van der Waals surface area (Å²) in [5.74, 6) is -0.510. The smallest absolute Gasteiger partial charge is 0.330 e. The van der Waals surface area contributed by atoms with E-state index in [2.05, 4.69) is 10.2 Å². The lowest BCUT2D eigenvalue weighted by atomic mass is 10.1. The van der Waals surface area contributed by atoms with E-state index < -0.39 is 12.1 Å². The van der Waals surface area contributed by atoms with Crippen molar-refractivity contribution in [3.63, 3.8) is 0 Å². The second-order valence-corrected chi connectivity index (χ2v) is 6.20. The summed E-state index contributed by atoms with van der Waals surface area (Å²) in [7, 11) is 0. The molecular formula is C21H21N3O4. The van der Waals surface area contributed by atoms with Crippen LogP contribution in [0.4, 0.5) is 0 Å². The van der Waals surface area contributed by atoms with E-state index in [0.29, 0.717) is 16.9 Å². The number of phenols is 1. The number of hydrogen-bond donors (Lipinski definition) is 2. The van der Waals surface area contributed by atoms with Crippen molar-refractivity contribution in [3.05, 3.63) is 72.4 Å². The van der Waals surface area contributed by atoms with Crippen molar-refractivity contribution in [2.75, 3.05) is 6.61 Å². The molecule has 1 unspecified atom stereocenters. The molecule has 144 valence electrons. The molecule has 0 aliphatic rings. The molecule has 0 radical (unpaired) electrons. The maximum absolute atomic E-state index is 11.3. The zero-order valence-corrected chi connectivity index (χ0v) is 15.4. The van der Waals surface area contributed by atoms with E-state index in [9.17, 15) is 15.0 Å². The third kappa shape index (κ3) is 4.83. The van der Waals surface area contributed by atoms with Gasteiger partial charge in [-0.3, -0.25) is 0 Å². The van der Waals surface area contributed by atoms with Gasteiger partial charge in [-0.1, -0.05) is 42.5 Å². The molecule has 2 aromatic carbocycles. The minimum Gasteiger partial charge on any atom is -0.506 e. The Morgan fingerprint density at radius 3 is 2.75 bits per heavy atom. The molecule has 0 saturated heterocycles. The van der Waals surface area contributed by atoms with Gasteiger partial charge in [-0.15, -0.1) is 9.90 Å². The van der Waals surface area contributed by atoms with Crippen molar-refractivity contribution in [3.8, 4) is 22.7 Å². The minimum atomic E-state index is -0.869. The van der Waals surface area contributed by atoms with E-state index in [1.54, 1.807) is 31.3 Å². The number of aliphatic hydroxyl groups excluding tert-OH is 1. The third-order valence-electron chi connectivity index (χ3n) is 4.01. The fourth-order valence-electron chi connectivity index (χ4n) is 2.68. The Labute approximate surface area is 162 Å². The van der Waals surface area contributed by atoms with Gasteiger partial charge in [0.1, 0.15) is 23.7 Å². The fraction of sp³-hybridized carbons (Fsp3) is 0.190. The average molecular weight is 379 g/mol. The Balaban J connectivity index is 1.67. The number of allylic oxidation sites excluding steroid dienone is 1. The highest BCUT2D eigenvalue weighted by molar-refractivity contribution is 5.81. The predicted molar refractivity (Wildman–Crippen MR) is 104 cm³/mol. The standard InChI is InChI=1S/C21H21N3O4/c1-2-6-21(27)28-14-17(25)11-15-9-10-19(20(26)12-15)24-22-13-18(23-24)16-7-4-3-5-8-16/h2-10,12-13,17,25-26H,11,14H2,1H3. The normalized spacial score (nSPS) is 12.2. The summed E-state index contributed by atoms with van der Waals surface area (Å²) in [6.45, 7) is 1.59. The largest absolute Gasteiger partial charge is 0.506 e. The molecule has 3 aromatic rings. The topological polar surface area (TPSA) is 97.5 Å². The van der Waals surface area contributed by atoms with Crippen LogP contribution in [-0.4, -0.2) is 43.9 Å². The number of phenolic OH excluding ortho intramolecular Hbond substituents is 1. The lowest BCUT2D eigenvalue weighted by Crippen LogP contribution is -2.20. The molecule has 1 atom stereocenters. The summed E-state index contributed by atoms with van der Waals surface area (Å²) in [5.41, 5.74) is 2.76. The van der Waals surface area contributed by atoms with Gasteiger partial charge in [0.05, 0.1) is 12.3 Å². The second-order valence-electron chi connectivity index (χ2n) is 6.20. The first kappa shape index (κ1) is 19.3. The number of ether oxygens (including phenoxy) is 1. The van der Waals surface area contributed by atoms with Gasteiger partial charge in [-0.05, 0) is 24.6 Å². The molecule has 1 heterocycles. The first-order valence-electron chi connectivity index (χ1n) is 8.84. The van der Waals surface area contributed by atoms with Crippen LogP contribution in [-0.2, 0) is 16.0 Å². The molecule has 2 N–H and O–H groups in total.